The van der Waals surface area contributed by atoms with Crippen molar-refractivity contribution in [2.75, 3.05) is 33.3 Å². The monoisotopic (exact) mass is 494 g/mol. The highest BCUT2D eigenvalue weighted by Crippen LogP contribution is 2.28. The number of hydrogen-bond acceptors (Lipinski definition) is 7. The molecule has 10 heteroatoms. The Hall–Kier alpha value is -3.69. The number of carbonyl (C=O) groups is 1. The molecular formula is C25H27ClN6O3. The molecule has 35 heavy (non-hydrogen) atoms. The predicted octanol–water partition coefficient (Wildman–Crippen LogP) is 3.29. The Bertz CT molecular complexity index is 1210. The van der Waals surface area contributed by atoms with Crippen molar-refractivity contribution in [3.05, 3.63) is 95.7 Å². The van der Waals surface area contributed by atoms with E-state index in [9.17, 15) is 4.79 Å². The molecule has 1 aliphatic rings. The van der Waals surface area contributed by atoms with E-state index in [1.807, 2.05) is 52.0 Å². The third-order valence-electron chi connectivity index (χ3n) is 6.11. The molecule has 5 rings (SSSR count). The van der Waals surface area contributed by atoms with Crippen LogP contribution >= 0.6 is 12.4 Å². The van der Waals surface area contributed by atoms with E-state index in [2.05, 4.69) is 32.6 Å². The van der Waals surface area contributed by atoms with Crippen LogP contribution < -0.4 is 4.74 Å². The summed E-state index contributed by atoms with van der Waals surface area (Å²) >= 11 is 0. The third kappa shape index (κ3) is 5.36. The highest BCUT2D eigenvalue weighted by Gasteiger charge is 2.32. The van der Waals surface area contributed by atoms with Crippen LogP contribution in [0.4, 0.5) is 0 Å². The van der Waals surface area contributed by atoms with Crippen molar-refractivity contribution in [3.63, 3.8) is 0 Å². The van der Waals surface area contributed by atoms with E-state index in [4.69, 9.17) is 9.15 Å². The molecule has 0 radical (unpaired) electrons. The van der Waals surface area contributed by atoms with Crippen LogP contribution in [-0.2, 0) is 6.54 Å². The predicted molar refractivity (Wildman–Crippen MR) is 132 cm³/mol. The van der Waals surface area contributed by atoms with Gasteiger partial charge >= 0.3 is 0 Å². The molecule has 9 nitrogen and oxygen atoms in total. The van der Waals surface area contributed by atoms with Crippen molar-refractivity contribution in [2.45, 2.75) is 12.6 Å². The number of hydrogen-bond donors (Lipinski definition) is 0. The molecule has 0 spiro atoms. The first-order chi connectivity index (χ1) is 16.7. The summed E-state index contributed by atoms with van der Waals surface area (Å²) in [7, 11) is 1.65. The second-order valence-electron chi connectivity index (χ2n) is 8.16. The number of rotatable bonds is 7. The van der Waals surface area contributed by atoms with Gasteiger partial charge in [-0.1, -0.05) is 42.5 Å². The fourth-order valence-electron chi connectivity index (χ4n) is 4.32. The number of nitrogens with zero attached hydrogens (tertiary/aromatic N) is 6. The summed E-state index contributed by atoms with van der Waals surface area (Å²) < 4.78 is 12.4. The van der Waals surface area contributed by atoms with Crippen molar-refractivity contribution in [1.29, 1.82) is 0 Å². The maximum absolute atomic E-state index is 12.7. The quantitative estimate of drug-likeness (QED) is 0.389. The zero-order chi connectivity index (χ0) is 23.3. The van der Waals surface area contributed by atoms with Gasteiger partial charge in [-0.3, -0.25) is 9.69 Å². The molecule has 1 fully saturated rings. The first-order valence-electron chi connectivity index (χ1n) is 11.2. The number of ether oxygens (including phenoxy) is 1. The lowest BCUT2D eigenvalue weighted by molar-refractivity contribution is 0.0559. The minimum atomic E-state index is -0.129. The highest BCUT2D eigenvalue weighted by atomic mass is 35.5. The van der Waals surface area contributed by atoms with Gasteiger partial charge in [-0.25, -0.2) is 4.68 Å². The van der Waals surface area contributed by atoms with Crippen molar-refractivity contribution < 1.29 is 13.9 Å². The molecular weight excluding hydrogens is 468 g/mol. The van der Waals surface area contributed by atoms with Crippen LogP contribution in [0.15, 0.2) is 77.4 Å². The Kier molecular flexibility index (Phi) is 7.79. The number of amides is 1. The summed E-state index contributed by atoms with van der Waals surface area (Å²) in [5.41, 5.74) is 2.19. The molecule has 0 N–H and O–H groups in total. The fraction of sp³-hybridized carbons (Fsp3) is 0.280. The minimum Gasteiger partial charge on any atom is -0.497 e. The van der Waals surface area contributed by atoms with Gasteiger partial charge in [0.2, 0.25) is 0 Å². The molecule has 0 bridgehead atoms. The first-order valence-corrected chi connectivity index (χ1v) is 11.2. The van der Waals surface area contributed by atoms with Crippen molar-refractivity contribution in [3.8, 4) is 5.75 Å². The van der Waals surface area contributed by atoms with Crippen LogP contribution in [0.25, 0.3) is 0 Å². The Morgan fingerprint density at radius 3 is 2.40 bits per heavy atom. The number of tetrazole rings is 1. The topological polar surface area (TPSA) is 89.5 Å². The van der Waals surface area contributed by atoms with E-state index in [1.165, 1.54) is 6.26 Å². The second-order valence-corrected chi connectivity index (χ2v) is 8.16. The van der Waals surface area contributed by atoms with Crippen LogP contribution in [-0.4, -0.2) is 69.2 Å². The number of piperazine rings is 1. The summed E-state index contributed by atoms with van der Waals surface area (Å²) in [5, 5.41) is 12.7. The molecule has 3 heterocycles. The molecule has 0 aliphatic carbocycles. The van der Waals surface area contributed by atoms with E-state index >= 15 is 0 Å². The molecule has 4 aromatic rings. The van der Waals surface area contributed by atoms with Gasteiger partial charge in [-0.15, -0.1) is 17.5 Å². The number of halogens is 1. The van der Waals surface area contributed by atoms with Gasteiger partial charge in [0.05, 0.1) is 26.0 Å². The van der Waals surface area contributed by atoms with Gasteiger partial charge in [0.1, 0.15) is 5.75 Å². The lowest BCUT2D eigenvalue weighted by Gasteiger charge is -2.38. The molecule has 2 aromatic heterocycles. The van der Waals surface area contributed by atoms with E-state index < -0.39 is 0 Å². The number of carbonyl (C=O) groups excluding carboxylic acids is 1. The Morgan fingerprint density at radius 1 is 1.00 bits per heavy atom. The van der Waals surface area contributed by atoms with Crippen molar-refractivity contribution >= 4 is 18.3 Å². The van der Waals surface area contributed by atoms with Crippen LogP contribution in [0.1, 0.15) is 33.5 Å². The SMILES string of the molecule is COc1ccc(Cn2nnnc2C(c2ccccc2)N2CCN(C(=O)c3ccco3)CC2)cc1.Cl. The molecule has 1 amide bonds. The summed E-state index contributed by atoms with van der Waals surface area (Å²) in [6, 6.07) is 21.4. The van der Waals surface area contributed by atoms with Gasteiger partial charge in [0.15, 0.2) is 11.6 Å². The summed E-state index contributed by atoms with van der Waals surface area (Å²) in [6.07, 6.45) is 1.53. The molecule has 1 unspecified atom stereocenters. The second kappa shape index (κ2) is 11.2. The summed E-state index contributed by atoms with van der Waals surface area (Å²) in [6.45, 7) is 3.14. The maximum atomic E-state index is 12.7. The van der Waals surface area contributed by atoms with Crippen LogP contribution in [0.5, 0.6) is 5.75 Å². The average Bonchev–Trinajstić information content (AvgIpc) is 3.59. The molecule has 1 saturated heterocycles. The smallest absolute Gasteiger partial charge is 0.289 e. The standard InChI is InChI=1S/C25H26N6O3.ClH/c1-33-21-11-9-19(10-12-21)18-31-24(26-27-28-31)23(20-6-3-2-4-7-20)29-13-15-30(16-14-29)25(32)22-8-5-17-34-22;/h2-12,17,23H,13-16,18H2,1H3;1H. The van der Waals surface area contributed by atoms with Crippen LogP contribution in [0.2, 0.25) is 0 Å². The molecule has 182 valence electrons. The lowest BCUT2D eigenvalue weighted by Crippen LogP contribution is -2.50. The van der Waals surface area contributed by atoms with Gasteiger partial charge in [0, 0.05) is 26.2 Å². The van der Waals surface area contributed by atoms with Crippen LogP contribution in [0.3, 0.4) is 0 Å². The molecule has 0 saturated carbocycles. The van der Waals surface area contributed by atoms with Gasteiger partial charge < -0.3 is 14.1 Å². The van der Waals surface area contributed by atoms with E-state index in [0.717, 1.165) is 22.7 Å². The Balaban J connectivity index is 0.00000289. The van der Waals surface area contributed by atoms with Gasteiger partial charge in [0.25, 0.3) is 5.91 Å². The van der Waals surface area contributed by atoms with Crippen molar-refractivity contribution in [1.82, 2.24) is 30.0 Å². The zero-order valence-corrected chi connectivity index (χ0v) is 20.2. The normalized spacial score (nSPS) is 14.8. The van der Waals surface area contributed by atoms with Crippen molar-refractivity contribution in [2.24, 2.45) is 0 Å². The fourth-order valence-corrected chi connectivity index (χ4v) is 4.32. The largest absolute Gasteiger partial charge is 0.497 e. The number of benzene rings is 2. The number of methoxy groups -OCH3 is 1. The molecule has 2 aromatic carbocycles. The third-order valence-corrected chi connectivity index (χ3v) is 6.11. The summed E-state index contributed by atoms with van der Waals surface area (Å²) in [5.74, 6) is 1.87. The van der Waals surface area contributed by atoms with Gasteiger partial charge in [-0.05, 0) is 45.8 Å². The Labute approximate surface area is 209 Å². The average molecular weight is 495 g/mol. The number of aromatic nitrogens is 4. The zero-order valence-electron chi connectivity index (χ0n) is 19.4. The Morgan fingerprint density at radius 2 is 1.74 bits per heavy atom. The van der Waals surface area contributed by atoms with Crippen LogP contribution in [0, 0.1) is 0 Å². The minimum absolute atomic E-state index is 0. The highest BCUT2D eigenvalue weighted by molar-refractivity contribution is 5.91. The number of furan rings is 1. The van der Waals surface area contributed by atoms with E-state index in [0.29, 0.717) is 38.5 Å². The maximum Gasteiger partial charge on any atom is 0.289 e. The summed E-state index contributed by atoms with van der Waals surface area (Å²) in [4.78, 5) is 16.9. The first kappa shape index (κ1) is 24.4. The van der Waals surface area contributed by atoms with E-state index in [1.54, 1.807) is 19.2 Å². The van der Waals surface area contributed by atoms with E-state index in [-0.39, 0.29) is 24.4 Å². The lowest BCUT2D eigenvalue weighted by atomic mass is 10.0. The van der Waals surface area contributed by atoms with Gasteiger partial charge in [-0.2, -0.15) is 0 Å². The molecule has 1 aliphatic heterocycles. The molecule has 1 atom stereocenters.